The number of benzene rings is 2. The molecule has 0 aliphatic rings. The molecule has 56 heavy (non-hydrogen) atoms. The van der Waals surface area contributed by atoms with Crippen molar-refractivity contribution in [2.24, 2.45) is 14.1 Å². The first-order valence-corrected chi connectivity index (χ1v) is 17.1. The van der Waals surface area contributed by atoms with Gasteiger partial charge in [-0.05, 0) is 77.9 Å². The zero-order chi connectivity index (χ0) is 41.3. The number of nitrogens with zero attached hydrogens (tertiary/aromatic N) is 6. The Morgan fingerprint density at radius 2 is 1.05 bits per heavy atom. The normalized spacial score (nSPS) is 12.8. The number of rotatable bonds is 10. The van der Waals surface area contributed by atoms with E-state index in [9.17, 15) is 36.6 Å². The Morgan fingerprint density at radius 1 is 0.661 bits per heavy atom. The average molecular weight is 783 g/mol. The lowest BCUT2D eigenvalue weighted by Gasteiger charge is -2.26. The summed E-state index contributed by atoms with van der Waals surface area (Å²) in [5, 5.41) is 16.8. The summed E-state index contributed by atoms with van der Waals surface area (Å²) in [6, 6.07) is 7.45. The molecule has 6 aromatic rings. The van der Waals surface area contributed by atoms with E-state index >= 15 is 0 Å². The van der Waals surface area contributed by atoms with Gasteiger partial charge in [-0.3, -0.25) is 18.7 Å². The maximum absolute atomic E-state index is 14.0. The molecular weight excluding hydrogens is 743 g/mol. The molecule has 0 unspecified atom stereocenters. The van der Waals surface area contributed by atoms with Crippen LogP contribution in [-0.4, -0.2) is 57.5 Å². The molecule has 0 aliphatic carbocycles. The van der Waals surface area contributed by atoms with Gasteiger partial charge in [0, 0.05) is 49.4 Å². The monoisotopic (exact) mass is 782 g/mol. The standard InChI is InChI=1S/C19H19F3N4O2.C19H20F2N4O3/c1-10(19(2,3)22)24-18-23-9-11-7-15(17(27)26(4)16(11)25-18)28-14-6-5-12(20)8-13(14)21;1-10(19(2,3)27)23-18-22-9-11-7-15(17(26)25(4)16(11)24-18)28-14-6-5-12(20)8-13(14)21/h5-10H,1-4H3,(H,23,24,25);5-10,27H,1-4H3,(H,22,23,24)/t2*10-/m00/s1. The van der Waals surface area contributed by atoms with Crippen molar-refractivity contribution in [1.82, 2.24) is 29.1 Å². The number of hydrogen-bond acceptors (Lipinski definition) is 11. The molecule has 0 fully saturated rings. The van der Waals surface area contributed by atoms with Crippen LogP contribution in [0.25, 0.3) is 22.1 Å². The van der Waals surface area contributed by atoms with Crippen molar-refractivity contribution in [1.29, 1.82) is 0 Å². The number of alkyl halides is 1. The number of halogens is 5. The molecule has 0 radical (unpaired) electrons. The summed E-state index contributed by atoms with van der Waals surface area (Å²) in [5.41, 5.74) is -2.99. The molecule has 4 aromatic heterocycles. The molecule has 2 aromatic carbocycles. The Morgan fingerprint density at radius 3 is 1.41 bits per heavy atom. The number of nitrogens with one attached hydrogen (secondary N) is 2. The Bertz CT molecular complexity index is 2360. The molecule has 0 bridgehead atoms. The summed E-state index contributed by atoms with van der Waals surface area (Å²) < 4.78 is 80.8. The largest absolute Gasteiger partial charge is 0.448 e. The summed E-state index contributed by atoms with van der Waals surface area (Å²) in [6.45, 7) is 9.60. The average Bonchev–Trinajstić information content (AvgIpc) is 3.11. The van der Waals surface area contributed by atoms with E-state index in [0.717, 1.165) is 24.3 Å². The fraction of sp³-hybridized carbons (Fsp3) is 0.316. The van der Waals surface area contributed by atoms with E-state index in [0.29, 0.717) is 34.2 Å². The smallest absolute Gasteiger partial charge is 0.294 e. The van der Waals surface area contributed by atoms with Crippen LogP contribution in [0.3, 0.4) is 0 Å². The number of aryl methyl sites for hydroxylation is 2. The second-order valence-corrected chi connectivity index (χ2v) is 14.0. The number of pyridine rings is 2. The van der Waals surface area contributed by atoms with E-state index in [1.165, 1.54) is 61.6 Å². The second kappa shape index (κ2) is 15.9. The van der Waals surface area contributed by atoms with E-state index in [1.54, 1.807) is 27.7 Å². The van der Waals surface area contributed by atoms with Crippen molar-refractivity contribution in [3.05, 3.63) is 105 Å². The summed E-state index contributed by atoms with van der Waals surface area (Å²) in [4.78, 5) is 42.0. The first-order valence-electron chi connectivity index (χ1n) is 17.1. The molecule has 0 aliphatic heterocycles. The maximum Gasteiger partial charge on any atom is 0.294 e. The molecule has 0 saturated heterocycles. The molecular formula is C38H39F5N8O5. The molecule has 0 spiro atoms. The van der Waals surface area contributed by atoms with E-state index in [4.69, 9.17) is 9.47 Å². The van der Waals surface area contributed by atoms with Crippen LogP contribution in [0.15, 0.2) is 70.5 Å². The summed E-state index contributed by atoms with van der Waals surface area (Å²) in [6.07, 6.45) is 2.92. The van der Waals surface area contributed by atoms with Crippen molar-refractivity contribution >= 4 is 34.0 Å². The van der Waals surface area contributed by atoms with Crippen molar-refractivity contribution < 1.29 is 36.5 Å². The zero-order valence-corrected chi connectivity index (χ0v) is 31.6. The Labute approximate surface area is 316 Å². The molecule has 4 heterocycles. The second-order valence-electron chi connectivity index (χ2n) is 14.0. The van der Waals surface area contributed by atoms with Gasteiger partial charge >= 0.3 is 0 Å². The van der Waals surface area contributed by atoms with E-state index in [2.05, 4.69) is 30.6 Å². The SMILES string of the molecule is C[C@H](Nc1ncc2cc(Oc3ccc(F)cc3F)c(=O)n(C)c2n1)C(C)(C)F.C[C@H](Nc1ncc2cc(Oc3ccc(F)cc3F)c(=O)n(C)c2n1)C(C)(C)O. The third kappa shape index (κ3) is 9.37. The van der Waals surface area contributed by atoms with Gasteiger partial charge in [0.25, 0.3) is 11.1 Å². The van der Waals surface area contributed by atoms with Gasteiger partial charge in [-0.1, -0.05) is 0 Å². The number of fused-ring (bicyclic) bond motifs is 2. The third-order valence-corrected chi connectivity index (χ3v) is 8.84. The number of anilines is 2. The van der Waals surface area contributed by atoms with Gasteiger partial charge in [0.05, 0.1) is 17.7 Å². The quantitative estimate of drug-likeness (QED) is 0.124. The Hall–Kier alpha value is -6.17. The van der Waals surface area contributed by atoms with E-state index in [1.807, 2.05) is 0 Å². The molecule has 0 amide bonds. The minimum absolute atomic E-state index is 0.144. The predicted octanol–water partition coefficient (Wildman–Crippen LogP) is 6.92. The van der Waals surface area contributed by atoms with Crippen molar-refractivity contribution in [3.63, 3.8) is 0 Å². The lowest BCUT2D eigenvalue weighted by Crippen LogP contribution is -2.39. The molecule has 3 N–H and O–H groups in total. The highest BCUT2D eigenvalue weighted by molar-refractivity contribution is 5.77. The van der Waals surface area contributed by atoms with Crippen molar-refractivity contribution in [3.8, 4) is 23.0 Å². The predicted molar refractivity (Wildman–Crippen MR) is 200 cm³/mol. The van der Waals surface area contributed by atoms with Crippen LogP contribution in [0.4, 0.5) is 33.8 Å². The third-order valence-electron chi connectivity index (χ3n) is 8.84. The Balaban J connectivity index is 0.000000214. The lowest BCUT2D eigenvalue weighted by atomic mass is 10.0. The van der Waals surface area contributed by atoms with E-state index < -0.39 is 51.7 Å². The molecule has 0 saturated carbocycles. The Kier molecular flexibility index (Phi) is 11.6. The van der Waals surface area contributed by atoms with Crippen LogP contribution in [0.2, 0.25) is 0 Å². The minimum Gasteiger partial charge on any atom is -0.448 e. The van der Waals surface area contributed by atoms with Gasteiger partial charge in [-0.25, -0.2) is 31.9 Å². The lowest BCUT2D eigenvalue weighted by molar-refractivity contribution is 0.0646. The van der Waals surface area contributed by atoms with Crippen LogP contribution < -0.4 is 31.2 Å². The molecule has 13 nitrogen and oxygen atoms in total. The van der Waals surface area contributed by atoms with Gasteiger partial charge in [0.15, 0.2) is 34.6 Å². The fourth-order valence-corrected chi connectivity index (χ4v) is 4.81. The van der Waals surface area contributed by atoms with Crippen LogP contribution in [0.5, 0.6) is 23.0 Å². The van der Waals surface area contributed by atoms with E-state index in [-0.39, 0.29) is 40.9 Å². The van der Waals surface area contributed by atoms with Gasteiger partial charge < -0.3 is 25.2 Å². The van der Waals surface area contributed by atoms with Crippen LogP contribution in [0.1, 0.15) is 41.5 Å². The summed E-state index contributed by atoms with van der Waals surface area (Å²) >= 11 is 0. The molecule has 296 valence electrons. The van der Waals surface area contributed by atoms with Gasteiger partial charge in [0.1, 0.15) is 28.6 Å². The maximum atomic E-state index is 14.0. The summed E-state index contributed by atoms with van der Waals surface area (Å²) in [5.74, 6) is -3.79. The van der Waals surface area contributed by atoms with Crippen molar-refractivity contribution in [2.75, 3.05) is 10.6 Å². The molecule has 18 heteroatoms. The van der Waals surface area contributed by atoms with Gasteiger partial charge in [-0.2, -0.15) is 9.97 Å². The molecule has 6 rings (SSSR count). The van der Waals surface area contributed by atoms with Gasteiger partial charge in [0.2, 0.25) is 11.9 Å². The first-order chi connectivity index (χ1) is 26.1. The minimum atomic E-state index is -1.50. The van der Waals surface area contributed by atoms with Crippen LogP contribution in [0, 0.1) is 23.3 Å². The highest BCUT2D eigenvalue weighted by Crippen LogP contribution is 2.27. The number of ether oxygens (including phenoxy) is 2. The molecule has 2 atom stereocenters. The fourth-order valence-electron chi connectivity index (χ4n) is 4.81. The van der Waals surface area contributed by atoms with Crippen molar-refractivity contribution in [2.45, 2.75) is 64.9 Å². The highest BCUT2D eigenvalue weighted by atomic mass is 19.2. The number of aliphatic hydroxyl groups is 1. The zero-order valence-electron chi connectivity index (χ0n) is 31.6. The number of aromatic nitrogens is 6. The van der Waals surface area contributed by atoms with Gasteiger partial charge in [-0.15, -0.1) is 0 Å². The highest BCUT2D eigenvalue weighted by Gasteiger charge is 2.26. The number of hydrogen-bond donors (Lipinski definition) is 3. The first kappa shape index (κ1) is 41.0. The van der Waals surface area contributed by atoms with Crippen LogP contribution in [-0.2, 0) is 14.1 Å². The summed E-state index contributed by atoms with van der Waals surface area (Å²) in [7, 11) is 2.96. The topological polar surface area (TPSA) is 158 Å². The van der Waals surface area contributed by atoms with Crippen LogP contribution >= 0.6 is 0 Å².